The molecule has 0 aromatic carbocycles. The van der Waals surface area contributed by atoms with E-state index in [1.54, 1.807) is 24.8 Å². The van der Waals surface area contributed by atoms with Crippen molar-refractivity contribution >= 4 is 23.3 Å². The molecular weight excluding hydrogens is 336 g/mol. The van der Waals surface area contributed by atoms with Gasteiger partial charge in [0.1, 0.15) is 6.33 Å². The Labute approximate surface area is 151 Å². The summed E-state index contributed by atoms with van der Waals surface area (Å²) in [5, 5.41) is 11.0. The van der Waals surface area contributed by atoms with Crippen molar-refractivity contribution in [2.75, 3.05) is 31.6 Å². The van der Waals surface area contributed by atoms with Crippen LogP contribution < -0.4 is 10.2 Å². The van der Waals surface area contributed by atoms with E-state index in [4.69, 9.17) is 0 Å². The van der Waals surface area contributed by atoms with Gasteiger partial charge in [0, 0.05) is 38.1 Å². The Morgan fingerprint density at radius 3 is 3.08 bits per heavy atom. The highest BCUT2D eigenvalue weighted by atomic mass is 16.5. The number of nitrogens with zero attached hydrogens (tertiary/aromatic N) is 5. The Hall–Kier alpha value is -2.97. The van der Waals surface area contributed by atoms with Crippen LogP contribution in [-0.4, -0.2) is 58.2 Å². The smallest absolute Gasteiger partial charge is 0.330 e. The SMILES string of the molecule is COC(=O)/C=C/CCNC(=O)[C@@H]1CN(c2nccn3cnnc23)C[C@H]1C. The molecule has 1 N–H and O–H groups in total. The number of hydrogen-bond acceptors (Lipinski definition) is 7. The summed E-state index contributed by atoms with van der Waals surface area (Å²) in [6, 6.07) is 0. The number of aromatic nitrogens is 4. The molecule has 1 saturated heterocycles. The van der Waals surface area contributed by atoms with Crippen LogP contribution in [0.1, 0.15) is 13.3 Å². The highest BCUT2D eigenvalue weighted by Crippen LogP contribution is 2.28. The minimum Gasteiger partial charge on any atom is -0.466 e. The first-order valence-electron chi connectivity index (χ1n) is 8.51. The van der Waals surface area contributed by atoms with Crippen LogP contribution in [-0.2, 0) is 14.3 Å². The van der Waals surface area contributed by atoms with E-state index >= 15 is 0 Å². The van der Waals surface area contributed by atoms with Crippen molar-refractivity contribution in [2.45, 2.75) is 13.3 Å². The number of anilines is 1. The van der Waals surface area contributed by atoms with E-state index in [2.05, 4.69) is 37.1 Å². The standard InChI is InChI=1S/C17H22N6O3/c1-12-9-23(15-16-21-20-11-22(16)8-7-18-15)10-13(12)17(25)19-6-4-3-5-14(24)26-2/h3,5,7-8,11-13H,4,6,9-10H2,1-2H3,(H,19,25)/b5-3+/t12-,13-/m1/s1. The predicted octanol–water partition coefficient (Wildman–Crippen LogP) is 0.432. The van der Waals surface area contributed by atoms with Gasteiger partial charge in [0.2, 0.25) is 11.6 Å². The molecule has 26 heavy (non-hydrogen) atoms. The van der Waals surface area contributed by atoms with Crippen LogP contribution in [0, 0.1) is 11.8 Å². The lowest BCUT2D eigenvalue weighted by Gasteiger charge is -2.17. The summed E-state index contributed by atoms with van der Waals surface area (Å²) in [6.45, 7) is 3.86. The summed E-state index contributed by atoms with van der Waals surface area (Å²) in [6.07, 6.45) is 8.75. The summed E-state index contributed by atoms with van der Waals surface area (Å²) < 4.78 is 6.33. The van der Waals surface area contributed by atoms with Crippen LogP contribution in [0.4, 0.5) is 5.82 Å². The maximum absolute atomic E-state index is 12.5. The molecule has 9 heteroatoms. The third-order valence-electron chi connectivity index (χ3n) is 4.51. The quantitative estimate of drug-likeness (QED) is 0.454. The monoisotopic (exact) mass is 358 g/mol. The van der Waals surface area contributed by atoms with Crippen molar-refractivity contribution in [2.24, 2.45) is 11.8 Å². The van der Waals surface area contributed by atoms with Crippen molar-refractivity contribution in [3.8, 4) is 0 Å². The molecule has 2 aromatic rings. The highest BCUT2D eigenvalue weighted by molar-refractivity contribution is 5.82. The second kappa shape index (κ2) is 7.94. The highest BCUT2D eigenvalue weighted by Gasteiger charge is 2.36. The third-order valence-corrected chi connectivity index (χ3v) is 4.51. The number of hydrogen-bond donors (Lipinski definition) is 1. The van der Waals surface area contributed by atoms with E-state index in [0.717, 1.165) is 12.4 Å². The van der Waals surface area contributed by atoms with Gasteiger partial charge in [0.25, 0.3) is 0 Å². The molecule has 3 rings (SSSR count). The van der Waals surface area contributed by atoms with E-state index in [1.807, 2.05) is 4.40 Å². The fraction of sp³-hybridized carbons (Fsp3) is 0.471. The summed E-state index contributed by atoms with van der Waals surface area (Å²) in [5.74, 6) is 0.440. The van der Waals surface area contributed by atoms with E-state index in [0.29, 0.717) is 25.2 Å². The lowest BCUT2D eigenvalue weighted by Crippen LogP contribution is -2.35. The van der Waals surface area contributed by atoms with Crippen LogP contribution in [0.3, 0.4) is 0 Å². The number of carbonyl (C=O) groups is 2. The summed E-state index contributed by atoms with van der Waals surface area (Å²) in [4.78, 5) is 30.0. The molecule has 1 fully saturated rings. The van der Waals surface area contributed by atoms with Crippen molar-refractivity contribution in [1.82, 2.24) is 24.9 Å². The molecule has 1 amide bonds. The number of esters is 1. The average molecular weight is 358 g/mol. The zero-order valence-electron chi connectivity index (χ0n) is 14.8. The molecule has 0 radical (unpaired) electrons. The van der Waals surface area contributed by atoms with Gasteiger partial charge in [0.15, 0.2) is 5.82 Å². The molecule has 0 spiro atoms. The molecule has 1 aliphatic rings. The Bertz CT molecular complexity index is 818. The van der Waals surface area contributed by atoms with E-state index in [1.165, 1.54) is 13.2 Å². The topological polar surface area (TPSA) is 102 Å². The molecule has 1 aliphatic heterocycles. The van der Waals surface area contributed by atoms with Crippen molar-refractivity contribution in [3.63, 3.8) is 0 Å². The van der Waals surface area contributed by atoms with Gasteiger partial charge in [-0.3, -0.25) is 9.20 Å². The first kappa shape index (κ1) is 17.8. The average Bonchev–Trinajstić information content (AvgIpc) is 3.27. The van der Waals surface area contributed by atoms with Gasteiger partial charge in [-0.2, -0.15) is 0 Å². The fourth-order valence-corrected chi connectivity index (χ4v) is 3.11. The summed E-state index contributed by atoms with van der Waals surface area (Å²) >= 11 is 0. The molecule has 0 aliphatic carbocycles. The maximum atomic E-state index is 12.5. The number of methoxy groups -OCH3 is 1. The number of rotatable bonds is 6. The minimum atomic E-state index is -0.397. The Morgan fingerprint density at radius 1 is 1.42 bits per heavy atom. The first-order chi connectivity index (χ1) is 12.6. The van der Waals surface area contributed by atoms with E-state index < -0.39 is 5.97 Å². The Balaban J connectivity index is 1.57. The molecule has 9 nitrogen and oxygen atoms in total. The number of ether oxygens (including phenoxy) is 1. The molecule has 2 atom stereocenters. The van der Waals surface area contributed by atoms with Crippen molar-refractivity contribution in [3.05, 3.63) is 30.9 Å². The Kier molecular flexibility index (Phi) is 5.45. The normalized spacial score (nSPS) is 20.0. The largest absolute Gasteiger partial charge is 0.466 e. The zero-order chi connectivity index (χ0) is 18.5. The molecule has 2 aromatic heterocycles. The number of fused-ring (bicyclic) bond motifs is 1. The number of carbonyl (C=O) groups excluding carboxylic acids is 2. The van der Waals surface area contributed by atoms with Gasteiger partial charge in [-0.1, -0.05) is 13.0 Å². The van der Waals surface area contributed by atoms with Crippen LogP contribution in [0.5, 0.6) is 0 Å². The number of amides is 1. The second-order valence-electron chi connectivity index (χ2n) is 6.31. The lowest BCUT2D eigenvalue weighted by atomic mass is 9.97. The summed E-state index contributed by atoms with van der Waals surface area (Å²) in [5.41, 5.74) is 0.689. The van der Waals surface area contributed by atoms with Crippen molar-refractivity contribution < 1.29 is 14.3 Å². The van der Waals surface area contributed by atoms with Gasteiger partial charge < -0.3 is 15.0 Å². The molecule has 138 valence electrons. The van der Waals surface area contributed by atoms with E-state index in [9.17, 15) is 9.59 Å². The first-order valence-corrected chi connectivity index (χ1v) is 8.51. The number of nitrogens with one attached hydrogen (secondary N) is 1. The second-order valence-corrected chi connectivity index (χ2v) is 6.31. The third kappa shape index (κ3) is 3.81. The fourth-order valence-electron chi connectivity index (χ4n) is 3.11. The van der Waals surface area contributed by atoms with Gasteiger partial charge in [0.05, 0.1) is 13.0 Å². The summed E-state index contributed by atoms with van der Waals surface area (Å²) in [7, 11) is 1.33. The van der Waals surface area contributed by atoms with Gasteiger partial charge >= 0.3 is 5.97 Å². The predicted molar refractivity (Wildman–Crippen MR) is 94.4 cm³/mol. The van der Waals surface area contributed by atoms with Crippen LogP contribution >= 0.6 is 0 Å². The van der Waals surface area contributed by atoms with E-state index in [-0.39, 0.29) is 17.7 Å². The minimum absolute atomic E-state index is 0.0138. The molecular formula is C17H22N6O3. The molecule has 3 heterocycles. The van der Waals surface area contributed by atoms with Crippen molar-refractivity contribution in [1.29, 1.82) is 0 Å². The maximum Gasteiger partial charge on any atom is 0.330 e. The molecule has 0 saturated carbocycles. The van der Waals surface area contributed by atoms with Crippen LogP contribution in [0.25, 0.3) is 5.65 Å². The van der Waals surface area contributed by atoms with Crippen LogP contribution in [0.15, 0.2) is 30.9 Å². The Morgan fingerprint density at radius 2 is 2.27 bits per heavy atom. The van der Waals surface area contributed by atoms with Gasteiger partial charge in [-0.05, 0) is 12.3 Å². The van der Waals surface area contributed by atoms with Crippen LogP contribution in [0.2, 0.25) is 0 Å². The molecule has 0 unspecified atom stereocenters. The van der Waals surface area contributed by atoms with Gasteiger partial charge in [-0.15, -0.1) is 10.2 Å². The lowest BCUT2D eigenvalue weighted by molar-refractivity contribution is -0.134. The zero-order valence-corrected chi connectivity index (χ0v) is 14.8. The molecule has 0 bridgehead atoms. The van der Waals surface area contributed by atoms with Gasteiger partial charge in [-0.25, -0.2) is 9.78 Å².